The van der Waals surface area contributed by atoms with Crippen LogP contribution in [0.2, 0.25) is 0 Å². The van der Waals surface area contributed by atoms with Crippen molar-refractivity contribution in [1.29, 1.82) is 5.26 Å². The zero-order valence-electron chi connectivity index (χ0n) is 10.8. The van der Waals surface area contributed by atoms with Gasteiger partial charge in [-0.05, 0) is 20.8 Å². The second-order valence-corrected chi connectivity index (χ2v) is 3.74. The van der Waals surface area contributed by atoms with Crippen molar-refractivity contribution in [2.45, 2.75) is 26.8 Å². The summed E-state index contributed by atoms with van der Waals surface area (Å²) in [6, 6.07) is 1.50. The number of anilines is 1. The summed E-state index contributed by atoms with van der Waals surface area (Å²) in [5.74, 6) is 0.322. The molecular formula is C12H17N5O. The number of likely N-dealkylation sites (N-methyl/N-ethyl adjacent to an activating group) is 1. The maximum Gasteiger partial charge on any atom is 0.244 e. The van der Waals surface area contributed by atoms with Gasteiger partial charge in [0, 0.05) is 25.5 Å². The Labute approximate surface area is 107 Å². The van der Waals surface area contributed by atoms with Gasteiger partial charge in [0.05, 0.1) is 0 Å². The highest BCUT2D eigenvalue weighted by Crippen LogP contribution is 2.09. The molecule has 18 heavy (non-hydrogen) atoms. The fourth-order valence-corrected chi connectivity index (χ4v) is 1.60. The zero-order valence-corrected chi connectivity index (χ0v) is 10.8. The molecule has 1 amide bonds. The molecule has 0 radical (unpaired) electrons. The van der Waals surface area contributed by atoms with E-state index in [0.29, 0.717) is 18.9 Å². The predicted octanol–water partition coefficient (Wildman–Crippen LogP) is 1.02. The van der Waals surface area contributed by atoms with Crippen molar-refractivity contribution in [2.24, 2.45) is 0 Å². The van der Waals surface area contributed by atoms with Gasteiger partial charge >= 0.3 is 0 Å². The van der Waals surface area contributed by atoms with E-state index in [0.717, 1.165) is 0 Å². The minimum atomic E-state index is -0.436. The molecule has 1 unspecified atom stereocenters. The van der Waals surface area contributed by atoms with Gasteiger partial charge in [0.15, 0.2) is 11.5 Å². The number of rotatable bonds is 5. The Morgan fingerprint density at radius 3 is 2.61 bits per heavy atom. The highest BCUT2D eigenvalue weighted by Gasteiger charge is 2.19. The Morgan fingerprint density at radius 2 is 2.06 bits per heavy atom. The maximum absolute atomic E-state index is 12.0. The molecule has 0 bridgehead atoms. The minimum Gasteiger partial charge on any atom is -0.356 e. The Bertz CT molecular complexity index is 450. The van der Waals surface area contributed by atoms with Crippen LogP contribution in [0.4, 0.5) is 5.82 Å². The van der Waals surface area contributed by atoms with E-state index in [4.69, 9.17) is 5.26 Å². The Morgan fingerprint density at radius 1 is 1.44 bits per heavy atom. The first kappa shape index (κ1) is 13.9. The van der Waals surface area contributed by atoms with Crippen molar-refractivity contribution in [3.05, 3.63) is 18.1 Å². The molecule has 1 aromatic rings. The van der Waals surface area contributed by atoms with Crippen molar-refractivity contribution >= 4 is 11.7 Å². The average Bonchev–Trinajstić information content (AvgIpc) is 2.40. The van der Waals surface area contributed by atoms with Crippen molar-refractivity contribution < 1.29 is 4.79 Å². The number of nitrogens with one attached hydrogen (secondary N) is 1. The second-order valence-electron chi connectivity index (χ2n) is 3.74. The first-order chi connectivity index (χ1) is 8.63. The van der Waals surface area contributed by atoms with Gasteiger partial charge in [-0.3, -0.25) is 4.79 Å². The largest absolute Gasteiger partial charge is 0.356 e. The lowest BCUT2D eigenvalue weighted by atomic mass is 10.2. The first-order valence-electron chi connectivity index (χ1n) is 5.90. The number of aromatic nitrogens is 2. The molecule has 0 aliphatic heterocycles. The third-order valence-electron chi connectivity index (χ3n) is 2.60. The fraction of sp³-hybridized carbons (Fsp3) is 0.500. The maximum atomic E-state index is 12.0. The molecule has 0 fully saturated rings. The average molecular weight is 247 g/mol. The minimum absolute atomic E-state index is 0.0189. The van der Waals surface area contributed by atoms with Crippen LogP contribution in [0.25, 0.3) is 0 Å². The third kappa shape index (κ3) is 3.17. The van der Waals surface area contributed by atoms with Crippen LogP contribution in [0.15, 0.2) is 12.4 Å². The van der Waals surface area contributed by atoms with Crippen LogP contribution in [0.5, 0.6) is 0 Å². The topological polar surface area (TPSA) is 81.9 Å². The SMILES string of the molecule is CCN(CC)C(=O)C(C)Nc1nccnc1C#N. The lowest BCUT2D eigenvalue weighted by molar-refractivity contribution is -0.131. The molecule has 1 heterocycles. The second kappa shape index (κ2) is 6.55. The predicted molar refractivity (Wildman–Crippen MR) is 67.8 cm³/mol. The molecule has 6 heteroatoms. The summed E-state index contributed by atoms with van der Waals surface area (Å²) >= 11 is 0. The summed E-state index contributed by atoms with van der Waals surface area (Å²) in [4.78, 5) is 21.7. The van der Waals surface area contributed by atoms with E-state index in [1.807, 2.05) is 19.9 Å². The van der Waals surface area contributed by atoms with Gasteiger partial charge in [-0.1, -0.05) is 0 Å². The molecule has 0 saturated carbocycles. The van der Waals surface area contributed by atoms with Crippen LogP contribution in [0.3, 0.4) is 0 Å². The van der Waals surface area contributed by atoms with Crippen LogP contribution in [0.1, 0.15) is 26.5 Å². The number of nitrogens with zero attached hydrogens (tertiary/aromatic N) is 4. The van der Waals surface area contributed by atoms with Gasteiger partial charge in [0.25, 0.3) is 0 Å². The molecule has 1 atom stereocenters. The number of amides is 1. The van der Waals surface area contributed by atoms with E-state index in [1.165, 1.54) is 12.4 Å². The Kier molecular flexibility index (Phi) is 5.06. The van der Waals surface area contributed by atoms with Gasteiger partial charge in [-0.25, -0.2) is 9.97 Å². The van der Waals surface area contributed by atoms with E-state index in [9.17, 15) is 4.79 Å². The number of hydrogen-bond donors (Lipinski definition) is 1. The summed E-state index contributed by atoms with van der Waals surface area (Å²) < 4.78 is 0. The molecular weight excluding hydrogens is 230 g/mol. The van der Waals surface area contributed by atoms with Crippen LogP contribution in [0, 0.1) is 11.3 Å². The monoisotopic (exact) mass is 247 g/mol. The van der Waals surface area contributed by atoms with Gasteiger partial charge < -0.3 is 10.2 Å². The Balaban J connectivity index is 2.79. The van der Waals surface area contributed by atoms with Crippen molar-refractivity contribution in [1.82, 2.24) is 14.9 Å². The lowest BCUT2D eigenvalue weighted by Crippen LogP contribution is -2.41. The van der Waals surface area contributed by atoms with Crippen molar-refractivity contribution in [3.8, 4) is 6.07 Å². The molecule has 96 valence electrons. The molecule has 0 aliphatic rings. The molecule has 1 rings (SSSR count). The molecule has 1 aromatic heterocycles. The lowest BCUT2D eigenvalue weighted by Gasteiger charge is -2.23. The van der Waals surface area contributed by atoms with Crippen molar-refractivity contribution in [2.75, 3.05) is 18.4 Å². The van der Waals surface area contributed by atoms with E-state index in [-0.39, 0.29) is 11.6 Å². The zero-order chi connectivity index (χ0) is 13.5. The highest BCUT2D eigenvalue weighted by molar-refractivity contribution is 5.84. The number of nitriles is 1. The number of carbonyl (C=O) groups is 1. The standard InChI is InChI=1S/C12H17N5O/c1-4-17(5-2)12(18)9(3)16-11-10(8-13)14-6-7-15-11/h6-7,9H,4-5H2,1-3H3,(H,15,16). The summed E-state index contributed by atoms with van der Waals surface area (Å²) in [5.41, 5.74) is 0.191. The molecule has 0 aromatic carbocycles. The molecule has 1 N–H and O–H groups in total. The van der Waals surface area contributed by atoms with E-state index < -0.39 is 6.04 Å². The van der Waals surface area contributed by atoms with Gasteiger partial charge in [-0.15, -0.1) is 0 Å². The Hall–Kier alpha value is -2.16. The smallest absolute Gasteiger partial charge is 0.244 e. The van der Waals surface area contributed by atoms with Crippen LogP contribution in [-0.2, 0) is 4.79 Å². The summed E-state index contributed by atoms with van der Waals surface area (Å²) in [7, 11) is 0. The highest BCUT2D eigenvalue weighted by atomic mass is 16.2. The normalized spacial score (nSPS) is 11.4. The molecule has 0 aliphatic carbocycles. The van der Waals surface area contributed by atoms with E-state index in [2.05, 4.69) is 15.3 Å². The van der Waals surface area contributed by atoms with Gasteiger partial charge in [0.2, 0.25) is 5.91 Å². The van der Waals surface area contributed by atoms with Crippen LogP contribution in [-0.4, -0.2) is 39.9 Å². The number of carbonyl (C=O) groups excluding carboxylic acids is 1. The van der Waals surface area contributed by atoms with Gasteiger partial charge in [-0.2, -0.15) is 5.26 Å². The van der Waals surface area contributed by atoms with Crippen LogP contribution >= 0.6 is 0 Å². The molecule has 0 saturated heterocycles. The van der Waals surface area contributed by atoms with Crippen molar-refractivity contribution in [3.63, 3.8) is 0 Å². The van der Waals surface area contributed by atoms with E-state index >= 15 is 0 Å². The summed E-state index contributed by atoms with van der Waals surface area (Å²) in [6.45, 7) is 6.92. The summed E-state index contributed by atoms with van der Waals surface area (Å²) in [6.07, 6.45) is 2.93. The van der Waals surface area contributed by atoms with Crippen LogP contribution < -0.4 is 5.32 Å². The first-order valence-corrected chi connectivity index (χ1v) is 5.90. The molecule has 0 spiro atoms. The number of hydrogen-bond acceptors (Lipinski definition) is 5. The quantitative estimate of drug-likeness (QED) is 0.840. The van der Waals surface area contributed by atoms with Gasteiger partial charge in [0.1, 0.15) is 12.1 Å². The molecule has 6 nitrogen and oxygen atoms in total. The summed E-state index contributed by atoms with van der Waals surface area (Å²) in [5, 5.41) is 11.8. The fourth-order valence-electron chi connectivity index (χ4n) is 1.60. The third-order valence-corrected chi connectivity index (χ3v) is 2.60. The van der Waals surface area contributed by atoms with E-state index in [1.54, 1.807) is 11.8 Å².